The Morgan fingerprint density at radius 3 is 1.76 bits per heavy atom. The van der Waals surface area contributed by atoms with Crippen LogP contribution in [0.5, 0.6) is 40.2 Å². The zero-order chi connectivity index (χ0) is 31.7. The maximum atomic E-state index is 10.7. The van der Waals surface area contributed by atoms with Gasteiger partial charge in [0.15, 0.2) is 34.5 Å². The fourth-order valence-corrected chi connectivity index (χ4v) is 6.73. The van der Waals surface area contributed by atoms with Gasteiger partial charge in [-0.15, -0.1) is 0 Å². The molecule has 0 bridgehead atoms. The van der Waals surface area contributed by atoms with Crippen LogP contribution in [0.25, 0.3) is 0 Å². The van der Waals surface area contributed by atoms with Crippen LogP contribution in [0.1, 0.15) is 45.5 Å². The largest absolute Gasteiger partial charge is 0.504 e. The second kappa shape index (κ2) is 12.9. The number of methoxy groups -OCH3 is 3. The van der Waals surface area contributed by atoms with Crippen LogP contribution in [0.15, 0.2) is 66.7 Å². The monoisotopic (exact) mass is 610 g/mol. The number of hydrogen-bond acceptors (Lipinski definition) is 8. The van der Waals surface area contributed by atoms with E-state index in [2.05, 4.69) is 48.2 Å². The Kier molecular flexibility index (Phi) is 8.79. The smallest absolute Gasteiger partial charge is 0.169 e. The Balaban J connectivity index is 1.18. The SMILES string of the molecule is COc1cc2c(cc1O)CCN(C)C2Cc1ccc(Oc2cc(CC3c4cc(OC)c(OC)cc4CCN3C)ccc2O)cc1. The highest BCUT2D eigenvalue weighted by molar-refractivity contribution is 5.51. The minimum absolute atomic E-state index is 0.101. The lowest BCUT2D eigenvalue weighted by Crippen LogP contribution is -2.33. The van der Waals surface area contributed by atoms with E-state index in [4.69, 9.17) is 18.9 Å². The van der Waals surface area contributed by atoms with E-state index >= 15 is 0 Å². The van der Waals surface area contributed by atoms with E-state index < -0.39 is 0 Å². The van der Waals surface area contributed by atoms with Gasteiger partial charge in [-0.2, -0.15) is 0 Å². The third kappa shape index (κ3) is 6.26. The molecule has 0 fully saturated rings. The molecule has 0 saturated heterocycles. The summed E-state index contributed by atoms with van der Waals surface area (Å²) in [5.74, 6) is 3.36. The molecule has 8 heteroatoms. The Morgan fingerprint density at radius 2 is 1.13 bits per heavy atom. The number of phenols is 2. The second-order valence-electron chi connectivity index (χ2n) is 12.1. The number of benzene rings is 4. The number of ether oxygens (including phenoxy) is 4. The van der Waals surface area contributed by atoms with Crippen molar-refractivity contribution < 1.29 is 29.2 Å². The van der Waals surface area contributed by atoms with Gasteiger partial charge in [-0.3, -0.25) is 9.80 Å². The van der Waals surface area contributed by atoms with Gasteiger partial charge in [0.25, 0.3) is 0 Å². The summed E-state index contributed by atoms with van der Waals surface area (Å²) in [4.78, 5) is 4.71. The molecular weight excluding hydrogens is 568 g/mol. The molecule has 0 saturated carbocycles. The van der Waals surface area contributed by atoms with E-state index in [0.29, 0.717) is 17.2 Å². The molecule has 0 spiro atoms. The van der Waals surface area contributed by atoms with Crippen LogP contribution < -0.4 is 18.9 Å². The van der Waals surface area contributed by atoms with Crippen molar-refractivity contribution in [1.82, 2.24) is 9.80 Å². The van der Waals surface area contributed by atoms with Gasteiger partial charge in [0.1, 0.15) is 5.75 Å². The molecule has 2 aliphatic rings. The number of likely N-dealkylation sites (N-methyl/N-ethyl adjacent to an activating group) is 2. The summed E-state index contributed by atoms with van der Waals surface area (Å²) in [6, 6.07) is 22.0. The van der Waals surface area contributed by atoms with Gasteiger partial charge in [-0.05, 0) is 122 Å². The summed E-state index contributed by atoms with van der Waals surface area (Å²) in [5, 5.41) is 21.0. The first-order chi connectivity index (χ1) is 21.8. The summed E-state index contributed by atoms with van der Waals surface area (Å²) in [5.41, 5.74) is 7.08. The van der Waals surface area contributed by atoms with Crippen molar-refractivity contribution >= 4 is 0 Å². The van der Waals surface area contributed by atoms with Crippen molar-refractivity contribution in [2.24, 2.45) is 0 Å². The molecule has 8 nitrogen and oxygen atoms in total. The van der Waals surface area contributed by atoms with E-state index in [9.17, 15) is 10.2 Å². The summed E-state index contributed by atoms with van der Waals surface area (Å²) in [7, 11) is 9.20. The van der Waals surface area contributed by atoms with Crippen molar-refractivity contribution in [2.45, 2.75) is 37.8 Å². The van der Waals surface area contributed by atoms with Crippen LogP contribution in [0.4, 0.5) is 0 Å². The summed E-state index contributed by atoms with van der Waals surface area (Å²) >= 11 is 0. The first-order valence-corrected chi connectivity index (χ1v) is 15.4. The van der Waals surface area contributed by atoms with E-state index in [0.717, 1.165) is 61.4 Å². The van der Waals surface area contributed by atoms with Gasteiger partial charge < -0.3 is 29.2 Å². The van der Waals surface area contributed by atoms with Crippen LogP contribution in [0.2, 0.25) is 0 Å². The molecule has 4 aromatic rings. The highest BCUT2D eigenvalue weighted by atomic mass is 16.5. The molecule has 2 unspecified atom stereocenters. The number of nitrogens with zero attached hydrogens (tertiary/aromatic N) is 2. The number of phenolic OH excluding ortho intramolecular Hbond substituents is 2. The molecule has 0 aliphatic carbocycles. The lowest BCUT2D eigenvalue weighted by molar-refractivity contribution is 0.227. The average Bonchev–Trinajstić information content (AvgIpc) is 3.05. The number of fused-ring (bicyclic) bond motifs is 2. The zero-order valence-electron chi connectivity index (χ0n) is 26.7. The molecule has 2 aliphatic heterocycles. The molecule has 45 heavy (non-hydrogen) atoms. The van der Waals surface area contributed by atoms with Crippen molar-refractivity contribution in [3.05, 3.63) is 100 Å². The molecule has 6 rings (SSSR count). The van der Waals surface area contributed by atoms with E-state index in [-0.39, 0.29) is 23.6 Å². The van der Waals surface area contributed by atoms with Crippen LogP contribution in [-0.2, 0) is 25.7 Å². The third-order valence-electron chi connectivity index (χ3n) is 9.37. The highest BCUT2D eigenvalue weighted by Gasteiger charge is 2.28. The number of hydrogen-bond donors (Lipinski definition) is 2. The summed E-state index contributed by atoms with van der Waals surface area (Å²) in [6.07, 6.45) is 3.41. The average molecular weight is 611 g/mol. The quantitative estimate of drug-likeness (QED) is 0.224. The molecule has 2 atom stereocenters. The zero-order valence-corrected chi connectivity index (χ0v) is 26.7. The summed E-state index contributed by atoms with van der Waals surface area (Å²) in [6.45, 7) is 1.86. The van der Waals surface area contributed by atoms with Crippen molar-refractivity contribution in [3.8, 4) is 40.2 Å². The highest BCUT2D eigenvalue weighted by Crippen LogP contribution is 2.41. The standard InChI is InChI=1S/C37H42N2O6/c1-38-14-12-25-19-33(41)34(42-3)21-28(25)30(38)16-23-6-9-27(10-7-23)45-35-18-24(8-11-32(35)40)17-31-29-22-37(44-5)36(43-4)20-26(29)13-15-39(31)2/h6-11,18-22,30-31,40-41H,12-17H2,1-5H3. The molecule has 0 amide bonds. The number of rotatable bonds is 9. The van der Waals surface area contributed by atoms with Crippen molar-refractivity contribution in [1.29, 1.82) is 0 Å². The molecule has 0 radical (unpaired) electrons. The van der Waals surface area contributed by atoms with Crippen molar-refractivity contribution in [3.63, 3.8) is 0 Å². The predicted molar refractivity (Wildman–Crippen MR) is 174 cm³/mol. The fraction of sp³-hybridized carbons (Fsp3) is 0.351. The van der Waals surface area contributed by atoms with Crippen LogP contribution >= 0.6 is 0 Å². The Labute approximate surface area is 265 Å². The normalized spacial score (nSPS) is 18.2. The van der Waals surface area contributed by atoms with Gasteiger partial charge in [0, 0.05) is 25.2 Å². The maximum Gasteiger partial charge on any atom is 0.169 e. The van der Waals surface area contributed by atoms with E-state index in [1.807, 2.05) is 36.4 Å². The minimum Gasteiger partial charge on any atom is -0.504 e. The molecule has 0 aromatic heterocycles. The van der Waals surface area contributed by atoms with Gasteiger partial charge in [-0.25, -0.2) is 0 Å². The van der Waals surface area contributed by atoms with Crippen LogP contribution in [-0.4, -0.2) is 68.5 Å². The minimum atomic E-state index is 0.101. The van der Waals surface area contributed by atoms with Crippen LogP contribution in [0.3, 0.4) is 0 Å². The first kappa shape index (κ1) is 30.6. The topological polar surface area (TPSA) is 83.9 Å². The Bertz CT molecular complexity index is 1670. The molecular formula is C37H42N2O6. The van der Waals surface area contributed by atoms with E-state index in [1.165, 1.54) is 22.3 Å². The second-order valence-corrected chi connectivity index (χ2v) is 12.1. The van der Waals surface area contributed by atoms with Gasteiger partial charge in [0.05, 0.1) is 21.3 Å². The van der Waals surface area contributed by atoms with Gasteiger partial charge >= 0.3 is 0 Å². The lowest BCUT2D eigenvalue weighted by atomic mass is 9.88. The maximum absolute atomic E-state index is 10.7. The molecule has 2 N–H and O–H groups in total. The Hall–Kier alpha value is -4.40. The third-order valence-corrected chi connectivity index (χ3v) is 9.37. The number of aromatic hydroxyl groups is 2. The fourth-order valence-electron chi connectivity index (χ4n) is 6.73. The van der Waals surface area contributed by atoms with Gasteiger partial charge in [0.2, 0.25) is 0 Å². The summed E-state index contributed by atoms with van der Waals surface area (Å²) < 4.78 is 22.8. The van der Waals surface area contributed by atoms with Crippen LogP contribution in [0, 0.1) is 0 Å². The Morgan fingerprint density at radius 1 is 0.600 bits per heavy atom. The first-order valence-electron chi connectivity index (χ1n) is 15.4. The molecule has 2 heterocycles. The van der Waals surface area contributed by atoms with Gasteiger partial charge in [-0.1, -0.05) is 18.2 Å². The molecule has 236 valence electrons. The van der Waals surface area contributed by atoms with Crippen molar-refractivity contribution in [2.75, 3.05) is 48.5 Å². The lowest BCUT2D eigenvalue weighted by Gasteiger charge is -2.35. The predicted octanol–water partition coefficient (Wildman–Crippen LogP) is 6.46. The van der Waals surface area contributed by atoms with E-state index in [1.54, 1.807) is 27.4 Å². The molecule has 4 aromatic carbocycles.